The van der Waals surface area contributed by atoms with Gasteiger partial charge in [-0.1, -0.05) is 12.1 Å². The molecule has 0 aromatic heterocycles. The zero-order valence-electron chi connectivity index (χ0n) is 12.4. The molecule has 1 fully saturated rings. The number of carbonyl (C=O) groups is 1. The fraction of sp³-hybridized carbons (Fsp3) is 0.562. The predicted octanol–water partition coefficient (Wildman–Crippen LogP) is 2.72. The Morgan fingerprint density at radius 1 is 1.45 bits per heavy atom. The number of nitrogens with two attached hydrogens (primary N) is 1. The Hall–Kier alpha value is -1.55. The SMILES string of the molecule is CC(C1CC1)N(C)CCCC(=O)Nc1ccccc1N. The molecule has 2 rings (SSSR count). The van der Waals surface area contributed by atoms with E-state index in [9.17, 15) is 4.79 Å². The molecule has 0 heterocycles. The molecule has 4 nitrogen and oxygen atoms in total. The normalized spacial score (nSPS) is 16.1. The van der Waals surface area contributed by atoms with Crippen LogP contribution in [-0.4, -0.2) is 30.4 Å². The van der Waals surface area contributed by atoms with Crippen molar-refractivity contribution < 1.29 is 4.79 Å². The number of nitrogen functional groups attached to an aromatic ring is 1. The maximum atomic E-state index is 11.9. The number of nitrogens with one attached hydrogen (secondary N) is 1. The second-order valence-electron chi connectivity index (χ2n) is 5.80. The van der Waals surface area contributed by atoms with Gasteiger partial charge in [0, 0.05) is 12.5 Å². The Morgan fingerprint density at radius 3 is 2.80 bits per heavy atom. The van der Waals surface area contributed by atoms with Crippen molar-refractivity contribution >= 4 is 17.3 Å². The third kappa shape index (κ3) is 4.23. The van der Waals surface area contributed by atoms with Crippen LogP contribution in [0.2, 0.25) is 0 Å². The Morgan fingerprint density at radius 2 is 2.15 bits per heavy atom. The lowest BCUT2D eigenvalue weighted by atomic mass is 10.1. The molecule has 0 aliphatic heterocycles. The van der Waals surface area contributed by atoms with Gasteiger partial charge in [-0.3, -0.25) is 4.79 Å². The van der Waals surface area contributed by atoms with Gasteiger partial charge in [0.25, 0.3) is 0 Å². The number of nitrogens with zero attached hydrogens (tertiary/aromatic N) is 1. The first-order valence-electron chi connectivity index (χ1n) is 7.42. The van der Waals surface area contributed by atoms with Crippen molar-refractivity contribution in [2.24, 2.45) is 5.92 Å². The van der Waals surface area contributed by atoms with Crippen molar-refractivity contribution in [2.75, 3.05) is 24.6 Å². The minimum Gasteiger partial charge on any atom is -0.397 e. The van der Waals surface area contributed by atoms with Crippen LogP contribution >= 0.6 is 0 Å². The maximum absolute atomic E-state index is 11.9. The smallest absolute Gasteiger partial charge is 0.224 e. The number of rotatable bonds is 7. The number of amides is 1. The van der Waals surface area contributed by atoms with Crippen molar-refractivity contribution in [2.45, 2.75) is 38.6 Å². The molecule has 1 atom stereocenters. The monoisotopic (exact) mass is 275 g/mol. The van der Waals surface area contributed by atoms with E-state index < -0.39 is 0 Å². The fourth-order valence-corrected chi connectivity index (χ4v) is 2.45. The number of carbonyl (C=O) groups excluding carboxylic acids is 1. The molecule has 1 unspecified atom stereocenters. The largest absolute Gasteiger partial charge is 0.397 e. The number of hydrogen-bond acceptors (Lipinski definition) is 3. The van der Waals surface area contributed by atoms with Gasteiger partial charge in [-0.25, -0.2) is 0 Å². The summed E-state index contributed by atoms with van der Waals surface area (Å²) in [6.45, 7) is 3.25. The molecule has 0 radical (unpaired) electrons. The molecule has 1 saturated carbocycles. The van der Waals surface area contributed by atoms with Gasteiger partial charge in [-0.2, -0.15) is 0 Å². The zero-order valence-corrected chi connectivity index (χ0v) is 12.4. The molecule has 1 aromatic rings. The predicted molar refractivity (Wildman–Crippen MR) is 83.5 cm³/mol. The van der Waals surface area contributed by atoms with Crippen molar-refractivity contribution in [3.63, 3.8) is 0 Å². The highest BCUT2D eigenvalue weighted by Gasteiger charge is 2.30. The van der Waals surface area contributed by atoms with Crippen LogP contribution in [0.3, 0.4) is 0 Å². The molecule has 20 heavy (non-hydrogen) atoms. The van der Waals surface area contributed by atoms with Crippen LogP contribution in [0.5, 0.6) is 0 Å². The second-order valence-corrected chi connectivity index (χ2v) is 5.80. The lowest BCUT2D eigenvalue weighted by Gasteiger charge is -2.24. The fourth-order valence-electron chi connectivity index (χ4n) is 2.45. The molecule has 1 aromatic carbocycles. The summed E-state index contributed by atoms with van der Waals surface area (Å²) in [7, 11) is 2.15. The molecular formula is C16H25N3O. The van der Waals surface area contributed by atoms with E-state index in [4.69, 9.17) is 5.73 Å². The summed E-state index contributed by atoms with van der Waals surface area (Å²) in [6.07, 6.45) is 4.14. The van der Waals surface area contributed by atoms with Crippen LogP contribution in [0.15, 0.2) is 24.3 Å². The van der Waals surface area contributed by atoms with Crippen molar-refractivity contribution in [3.8, 4) is 0 Å². The van der Waals surface area contributed by atoms with Crippen LogP contribution in [-0.2, 0) is 4.79 Å². The highest BCUT2D eigenvalue weighted by atomic mass is 16.1. The van der Waals surface area contributed by atoms with Crippen LogP contribution in [0.25, 0.3) is 0 Å². The van der Waals surface area contributed by atoms with Crippen molar-refractivity contribution in [3.05, 3.63) is 24.3 Å². The van der Waals surface area contributed by atoms with E-state index in [1.165, 1.54) is 12.8 Å². The summed E-state index contributed by atoms with van der Waals surface area (Å²) in [5.74, 6) is 0.910. The third-order valence-electron chi connectivity index (χ3n) is 4.15. The van der Waals surface area contributed by atoms with Crippen LogP contribution < -0.4 is 11.1 Å². The molecule has 110 valence electrons. The summed E-state index contributed by atoms with van der Waals surface area (Å²) >= 11 is 0. The molecule has 3 N–H and O–H groups in total. The summed E-state index contributed by atoms with van der Waals surface area (Å²) in [4.78, 5) is 14.2. The molecule has 1 amide bonds. The molecule has 1 aliphatic rings. The van der Waals surface area contributed by atoms with Crippen LogP contribution in [0.4, 0.5) is 11.4 Å². The molecule has 0 bridgehead atoms. The standard InChI is InChI=1S/C16H25N3O/c1-12(13-9-10-13)19(2)11-5-8-16(20)18-15-7-4-3-6-14(15)17/h3-4,6-7,12-13H,5,8-11,17H2,1-2H3,(H,18,20). The number of anilines is 2. The Kier molecular flexibility index (Phi) is 5.01. The van der Waals surface area contributed by atoms with Gasteiger partial charge in [0.1, 0.15) is 0 Å². The van der Waals surface area contributed by atoms with E-state index in [2.05, 4.69) is 24.2 Å². The first kappa shape index (κ1) is 14.9. The highest BCUT2D eigenvalue weighted by molar-refractivity contribution is 5.93. The minimum atomic E-state index is 0.0374. The van der Waals surface area contributed by atoms with Gasteiger partial charge in [-0.05, 0) is 57.8 Å². The Balaban J connectivity index is 1.68. The minimum absolute atomic E-state index is 0.0374. The quantitative estimate of drug-likeness (QED) is 0.752. The average molecular weight is 275 g/mol. The number of benzene rings is 1. The van der Waals surface area contributed by atoms with E-state index in [-0.39, 0.29) is 5.91 Å². The second kappa shape index (κ2) is 6.75. The van der Waals surface area contributed by atoms with Gasteiger partial charge < -0.3 is 16.0 Å². The average Bonchev–Trinajstić information content (AvgIpc) is 3.25. The van der Waals surface area contributed by atoms with E-state index in [0.717, 1.165) is 18.9 Å². The highest BCUT2D eigenvalue weighted by Crippen LogP contribution is 2.34. The van der Waals surface area contributed by atoms with Crippen LogP contribution in [0.1, 0.15) is 32.6 Å². The molecule has 0 spiro atoms. The molecular weight excluding hydrogens is 250 g/mol. The summed E-state index contributed by atoms with van der Waals surface area (Å²) in [5, 5.41) is 2.87. The summed E-state index contributed by atoms with van der Waals surface area (Å²) in [5.41, 5.74) is 7.12. The van der Waals surface area contributed by atoms with Gasteiger partial charge >= 0.3 is 0 Å². The molecule has 0 saturated heterocycles. The van der Waals surface area contributed by atoms with Gasteiger partial charge in [0.15, 0.2) is 0 Å². The van der Waals surface area contributed by atoms with Crippen molar-refractivity contribution in [1.82, 2.24) is 4.90 Å². The van der Waals surface area contributed by atoms with Crippen molar-refractivity contribution in [1.29, 1.82) is 0 Å². The van der Waals surface area contributed by atoms with Gasteiger partial charge in [0.05, 0.1) is 11.4 Å². The molecule has 1 aliphatic carbocycles. The Bertz CT molecular complexity index is 457. The maximum Gasteiger partial charge on any atom is 0.224 e. The number of para-hydroxylation sites is 2. The zero-order chi connectivity index (χ0) is 14.5. The first-order valence-corrected chi connectivity index (χ1v) is 7.42. The van der Waals surface area contributed by atoms with Gasteiger partial charge in [0.2, 0.25) is 5.91 Å². The van der Waals surface area contributed by atoms with E-state index in [0.29, 0.717) is 23.8 Å². The summed E-state index contributed by atoms with van der Waals surface area (Å²) < 4.78 is 0. The Labute approximate surface area is 121 Å². The van der Waals surface area contributed by atoms with E-state index in [1.54, 1.807) is 6.07 Å². The lowest BCUT2D eigenvalue weighted by molar-refractivity contribution is -0.116. The van der Waals surface area contributed by atoms with Crippen LogP contribution in [0, 0.1) is 5.92 Å². The van der Waals surface area contributed by atoms with E-state index >= 15 is 0 Å². The first-order chi connectivity index (χ1) is 9.58. The topological polar surface area (TPSA) is 58.4 Å². The molecule has 4 heteroatoms. The third-order valence-corrected chi connectivity index (χ3v) is 4.15. The lowest BCUT2D eigenvalue weighted by Crippen LogP contribution is -2.32. The summed E-state index contributed by atoms with van der Waals surface area (Å²) in [6, 6.07) is 7.99. The van der Waals surface area contributed by atoms with Gasteiger partial charge in [-0.15, -0.1) is 0 Å². The number of hydrogen-bond donors (Lipinski definition) is 2. The van der Waals surface area contributed by atoms with E-state index in [1.807, 2.05) is 18.2 Å².